The van der Waals surface area contributed by atoms with Gasteiger partial charge in [-0.3, -0.25) is 4.79 Å². The number of nitrogens with two attached hydrogens (primary N) is 1. The highest BCUT2D eigenvalue weighted by atomic mass is 35.5. The van der Waals surface area contributed by atoms with Crippen LogP contribution in [0.2, 0.25) is 5.02 Å². The van der Waals surface area contributed by atoms with Gasteiger partial charge in [0.1, 0.15) is 0 Å². The van der Waals surface area contributed by atoms with E-state index in [1.54, 1.807) is 4.90 Å². The molecule has 0 spiro atoms. The number of carbonyl (C=O) groups is 1. The molecule has 1 aromatic rings. The number of halogens is 1. The van der Waals surface area contributed by atoms with Crippen LogP contribution in [0.5, 0.6) is 0 Å². The second-order valence-corrected chi connectivity index (χ2v) is 5.06. The molecule has 1 rings (SSSR count). The van der Waals surface area contributed by atoms with E-state index in [4.69, 9.17) is 17.3 Å². The number of amides is 1. The Balaban J connectivity index is 2.74. The number of hydrogen-bond acceptors (Lipinski definition) is 2. The molecule has 0 saturated carbocycles. The molecule has 18 heavy (non-hydrogen) atoms. The number of benzene rings is 1. The zero-order valence-corrected chi connectivity index (χ0v) is 11.9. The SMILES string of the molecule is CC(c1ccc(Cl)cc1)C(C)N(C)C(=O)CCN. The fourth-order valence-corrected chi connectivity index (χ4v) is 2.03. The smallest absolute Gasteiger partial charge is 0.223 e. The van der Waals surface area contributed by atoms with Gasteiger partial charge in [-0.1, -0.05) is 30.7 Å². The van der Waals surface area contributed by atoms with Gasteiger partial charge in [0, 0.05) is 37.0 Å². The second-order valence-electron chi connectivity index (χ2n) is 4.62. The minimum Gasteiger partial charge on any atom is -0.342 e. The average molecular weight is 269 g/mol. The molecule has 2 atom stereocenters. The normalized spacial score (nSPS) is 14.1. The Kier molecular flexibility index (Phi) is 5.63. The summed E-state index contributed by atoms with van der Waals surface area (Å²) in [4.78, 5) is 13.6. The molecule has 0 aliphatic heterocycles. The van der Waals surface area contributed by atoms with E-state index in [-0.39, 0.29) is 17.9 Å². The van der Waals surface area contributed by atoms with Crippen LogP contribution in [0.15, 0.2) is 24.3 Å². The highest BCUT2D eigenvalue weighted by Gasteiger charge is 2.21. The van der Waals surface area contributed by atoms with Crippen molar-refractivity contribution in [2.24, 2.45) is 5.73 Å². The minimum absolute atomic E-state index is 0.0887. The number of carbonyl (C=O) groups excluding carboxylic acids is 1. The molecule has 0 bridgehead atoms. The zero-order chi connectivity index (χ0) is 13.7. The van der Waals surface area contributed by atoms with Gasteiger partial charge in [0.2, 0.25) is 5.91 Å². The van der Waals surface area contributed by atoms with Gasteiger partial charge in [0.15, 0.2) is 0 Å². The maximum Gasteiger partial charge on any atom is 0.223 e. The van der Waals surface area contributed by atoms with Crippen LogP contribution in [0.3, 0.4) is 0 Å². The fraction of sp³-hybridized carbons (Fsp3) is 0.500. The van der Waals surface area contributed by atoms with Crippen molar-refractivity contribution in [2.75, 3.05) is 13.6 Å². The van der Waals surface area contributed by atoms with Crippen molar-refractivity contribution < 1.29 is 4.79 Å². The Hall–Kier alpha value is -1.06. The number of rotatable bonds is 5. The van der Waals surface area contributed by atoms with Gasteiger partial charge < -0.3 is 10.6 Å². The van der Waals surface area contributed by atoms with E-state index in [1.165, 1.54) is 5.56 Å². The quantitative estimate of drug-likeness (QED) is 0.892. The zero-order valence-electron chi connectivity index (χ0n) is 11.2. The summed E-state index contributed by atoms with van der Waals surface area (Å²) in [6, 6.07) is 7.89. The van der Waals surface area contributed by atoms with E-state index in [0.717, 1.165) is 5.02 Å². The molecule has 0 aliphatic rings. The minimum atomic E-state index is 0.0887. The van der Waals surface area contributed by atoms with E-state index in [2.05, 4.69) is 6.92 Å². The topological polar surface area (TPSA) is 46.3 Å². The molecule has 4 heteroatoms. The first-order valence-electron chi connectivity index (χ1n) is 6.18. The molecule has 2 unspecified atom stereocenters. The second kappa shape index (κ2) is 6.76. The third kappa shape index (κ3) is 3.72. The van der Waals surface area contributed by atoms with Crippen LogP contribution < -0.4 is 5.73 Å². The number of likely N-dealkylation sites (N-methyl/N-ethyl adjacent to an activating group) is 1. The van der Waals surface area contributed by atoms with Gasteiger partial charge in [-0.05, 0) is 24.6 Å². The van der Waals surface area contributed by atoms with Gasteiger partial charge in [-0.15, -0.1) is 0 Å². The summed E-state index contributed by atoms with van der Waals surface area (Å²) in [5, 5.41) is 0.728. The molecule has 1 amide bonds. The van der Waals surface area contributed by atoms with Crippen molar-refractivity contribution in [2.45, 2.75) is 32.2 Å². The Morgan fingerprint density at radius 1 is 1.33 bits per heavy atom. The lowest BCUT2D eigenvalue weighted by Gasteiger charge is -2.30. The number of nitrogens with zero attached hydrogens (tertiary/aromatic N) is 1. The first kappa shape index (κ1) is 15.0. The number of hydrogen-bond donors (Lipinski definition) is 1. The van der Waals surface area contributed by atoms with Gasteiger partial charge in [0.05, 0.1) is 0 Å². The lowest BCUT2D eigenvalue weighted by atomic mass is 9.93. The van der Waals surface area contributed by atoms with Crippen LogP contribution in [0, 0.1) is 0 Å². The largest absolute Gasteiger partial charge is 0.342 e. The first-order valence-corrected chi connectivity index (χ1v) is 6.56. The molecule has 0 saturated heterocycles. The monoisotopic (exact) mass is 268 g/mol. The van der Waals surface area contributed by atoms with Crippen LogP contribution in [0.25, 0.3) is 0 Å². The van der Waals surface area contributed by atoms with Crippen molar-refractivity contribution in [3.05, 3.63) is 34.9 Å². The molecule has 0 heterocycles. The van der Waals surface area contributed by atoms with E-state index in [1.807, 2.05) is 38.2 Å². The summed E-state index contributed by atoms with van der Waals surface area (Å²) < 4.78 is 0. The van der Waals surface area contributed by atoms with Crippen molar-refractivity contribution in [1.29, 1.82) is 0 Å². The summed E-state index contributed by atoms with van der Waals surface area (Å²) in [6.07, 6.45) is 0.397. The average Bonchev–Trinajstić information content (AvgIpc) is 2.37. The Morgan fingerprint density at radius 3 is 2.39 bits per heavy atom. The molecule has 2 N–H and O–H groups in total. The Labute approximate surface area is 114 Å². The molecule has 0 aliphatic carbocycles. The summed E-state index contributed by atoms with van der Waals surface area (Å²) in [5.41, 5.74) is 6.59. The van der Waals surface area contributed by atoms with Crippen LogP contribution in [0.4, 0.5) is 0 Å². The maximum absolute atomic E-state index is 11.8. The summed E-state index contributed by atoms with van der Waals surface area (Å²) in [6.45, 7) is 4.55. The molecule has 0 fully saturated rings. The first-order chi connectivity index (χ1) is 8.47. The van der Waals surface area contributed by atoms with E-state index < -0.39 is 0 Å². The fourth-order valence-electron chi connectivity index (χ4n) is 1.91. The van der Waals surface area contributed by atoms with Gasteiger partial charge in [-0.25, -0.2) is 0 Å². The predicted octanol–water partition coefficient (Wildman–Crippen LogP) is 2.64. The van der Waals surface area contributed by atoms with E-state index in [9.17, 15) is 4.79 Å². The van der Waals surface area contributed by atoms with Crippen LogP contribution >= 0.6 is 11.6 Å². The lowest BCUT2D eigenvalue weighted by molar-refractivity contribution is -0.131. The molecule has 100 valence electrons. The van der Waals surface area contributed by atoms with E-state index >= 15 is 0 Å². The lowest BCUT2D eigenvalue weighted by Crippen LogP contribution is -2.39. The van der Waals surface area contributed by atoms with E-state index in [0.29, 0.717) is 13.0 Å². The Bertz CT molecular complexity index is 391. The third-order valence-corrected chi connectivity index (χ3v) is 3.73. The van der Waals surface area contributed by atoms with Crippen LogP contribution in [-0.2, 0) is 4.79 Å². The summed E-state index contributed by atoms with van der Waals surface area (Å²) >= 11 is 5.87. The van der Waals surface area contributed by atoms with Gasteiger partial charge in [0.25, 0.3) is 0 Å². The van der Waals surface area contributed by atoms with Gasteiger partial charge >= 0.3 is 0 Å². The van der Waals surface area contributed by atoms with Crippen molar-refractivity contribution in [3.63, 3.8) is 0 Å². The van der Waals surface area contributed by atoms with Crippen LogP contribution in [-0.4, -0.2) is 30.4 Å². The molecule has 0 radical (unpaired) electrons. The Morgan fingerprint density at radius 2 is 1.89 bits per heavy atom. The molecular weight excluding hydrogens is 248 g/mol. The van der Waals surface area contributed by atoms with Gasteiger partial charge in [-0.2, -0.15) is 0 Å². The molecule has 0 aromatic heterocycles. The van der Waals surface area contributed by atoms with Crippen molar-refractivity contribution in [3.8, 4) is 0 Å². The summed E-state index contributed by atoms with van der Waals surface area (Å²) in [7, 11) is 1.83. The maximum atomic E-state index is 11.8. The molecule has 1 aromatic carbocycles. The predicted molar refractivity (Wildman–Crippen MR) is 75.8 cm³/mol. The molecular formula is C14H21ClN2O. The molecule has 3 nitrogen and oxygen atoms in total. The van der Waals surface area contributed by atoms with Crippen LogP contribution in [0.1, 0.15) is 31.7 Å². The van der Waals surface area contributed by atoms with Crippen molar-refractivity contribution in [1.82, 2.24) is 4.90 Å². The highest BCUT2D eigenvalue weighted by Crippen LogP contribution is 2.24. The third-order valence-electron chi connectivity index (χ3n) is 3.48. The summed E-state index contributed by atoms with van der Waals surface area (Å²) in [5.74, 6) is 0.347. The van der Waals surface area contributed by atoms with Crippen molar-refractivity contribution >= 4 is 17.5 Å². The standard InChI is InChI=1S/C14H21ClN2O/c1-10(12-4-6-13(15)7-5-12)11(2)17(3)14(18)8-9-16/h4-7,10-11H,8-9,16H2,1-3H3. The highest BCUT2D eigenvalue weighted by molar-refractivity contribution is 6.30.